The quantitative estimate of drug-likeness (QED) is 0.817. The number of hydrogen-bond acceptors (Lipinski definition) is 4. The third-order valence-corrected chi connectivity index (χ3v) is 4.00. The molecule has 21 heavy (non-hydrogen) atoms. The van der Waals surface area contributed by atoms with Gasteiger partial charge in [0.2, 0.25) is 0 Å². The van der Waals surface area contributed by atoms with Gasteiger partial charge in [0.25, 0.3) is 0 Å². The van der Waals surface area contributed by atoms with E-state index >= 15 is 0 Å². The molecule has 6 heteroatoms. The van der Waals surface area contributed by atoms with Crippen LogP contribution in [0.15, 0.2) is 12.3 Å². The summed E-state index contributed by atoms with van der Waals surface area (Å²) >= 11 is 0. The van der Waals surface area contributed by atoms with E-state index in [1.165, 1.54) is 5.82 Å². The molecule has 1 aromatic rings. The zero-order chi connectivity index (χ0) is 15.1. The topological polar surface area (TPSA) is 59.4 Å². The molecular weight excluding hydrogens is 268 g/mol. The highest BCUT2D eigenvalue weighted by molar-refractivity contribution is 5.67. The van der Waals surface area contributed by atoms with Crippen LogP contribution in [-0.4, -0.2) is 42.1 Å². The van der Waals surface area contributed by atoms with Crippen molar-refractivity contribution in [2.75, 3.05) is 31.1 Å². The molecule has 0 radical (unpaired) electrons. The van der Waals surface area contributed by atoms with Crippen LogP contribution in [0.1, 0.15) is 32.6 Å². The minimum absolute atomic E-state index is 0.280. The number of unbranched alkanes of at least 4 members (excludes halogenated alkanes) is 1. The second-order valence-corrected chi connectivity index (χ2v) is 5.61. The van der Waals surface area contributed by atoms with Gasteiger partial charge in [-0.15, -0.1) is 0 Å². The van der Waals surface area contributed by atoms with E-state index in [0.29, 0.717) is 19.1 Å². The van der Waals surface area contributed by atoms with Gasteiger partial charge in [0.1, 0.15) is 5.82 Å². The Bertz CT molecular complexity index is 439. The van der Waals surface area contributed by atoms with Crippen LogP contribution >= 0.6 is 0 Å². The maximum Gasteiger partial charge on any atom is 0.407 e. The van der Waals surface area contributed by atoms with Crippen molar-refractivity contribution >= 4 is 11.9 Å². The number of piperidine rings is 1. The normalized spacial score (nSPS) is 16.0. The van der Waals surface area contributed by atoms with Crippen LogP contribution in [-0.2, 0) is 11.8 Å². The number of carbonyl (C=O) groups is 1. The number of anilines is 1. The maximum atomic E-state index is 11.5. The summed E-state index contributed by atoms with van der Waals surface area (Å²) in [5.41, 5.74) is 0. The molecule has 6 nitrogen and oxygen atoms in total. The summed E-state index contributed by atoms with van der Waals surface area (Å²) in [7, 11) is 1.97. The number of amides is 1. The van der Waals surface area contributed by atoms with Crippen molar-refractivity contribution in [3.63, 3.8) is 0 Å². The Labute approximate surface area is 126 Å². The molecule has 0 bridgehead atoms. The van der Waals surface area contributed by atoms with Gasteiger partial charge in [-0.2, -0.15) is 5.10 Å². The zero-order valence-electron chi connectivity index (χ0n) is 13.0. The number of rotatable bonds is 6. The predicted molar refractivity (Wildman–Crippen MR) is 82.4 cm³/mol. The second-order valence-electron chi connectivity index (χ2n) is 5.61. The van der Waals surface area contributed by atoms with Gasteiger partial charge < -0.3 is 15.0 Å². The molecule has 1 aliphatic rings. The highest BCUT2D eigenvalue weighted by atomic mass is 16.5. The van der Waals surface area contributed by atoms with E-state index in [-0.39, 0.29) is 6.09 Å². The lowest BCUT2D eigenvalue weighted by molar-refractivity contribution is 0.142. The van der Waals surface area contributed by atoms with Crippen molar-refractivity contribution in [2.24, 2.45) is 13.0 Å². The highest BCUT2D eigenvalue weighted by Crippen LogP contribution is 2.22. The maximum absolute atomic E-state index is 11.5. The SMILES string of the molecule is CCCCOC(=O)NCC1CCN(c2ccnn2C)CC1. The fourth-order valence-corrected chi connectivity index (χ4v) is 2.63. The Morgan fingerprint density at radius 2 is 2.24 bits per heavy atom. The Balaban J connectivity index is 1.65. The molecule has 118 valence electrons. The lowest BCUT2D eigenvalue weighted by Crippen LogP contribution is -2.39. The summed E-state index contributed by atoms with van der Waals surface area (Å²) in [4.78, 5) is 13.9. The van der Waals surface area contributed by atoms with Gasteiger partial charge in [-0.25, -0.2) is 4.79 Å². The van der Waals surface area contributed by atoms with E-state index in [2.05, 4.69) is 22.2 Å². The number of carbonyl (C=O) groups excluding carboxylic acids is 1. The fraction of sp³-hybridized carbons (Fsp3) is 0.733. The monoisotopic (exact) mass is 294 g/mol. The van der Waals surface area contributed by atoms with Gasteiger partial charge >= 0.3 is 6.09 Å². The molecule has 1 saturated heterocycles. The number of hydrogen-bond donors (Lipinski definition) is 1. The van der Waals surface area contributed by atoms with Crippen molar-refractivity contribution < 1.29 is 9.53 Å². The fourth-order valence-electron chi connectivity index (χ4n) is 2.63. The summed E-state index contributed by atoms with van der Waals surface area (Å²) in [5.74, 6) is 1.70. The highest BCUT2D eigenvalue weighted by Gasteiger charge is 2.21. The summed E-state index contributed by atoms with van der Waals surface area (Å²) in [6.07, 6.45) is 5.68. The van der Waals surface area contributed by atoms with Crippen LogP contribution in [0.25, 0.3) is 0 Å². The number of ether oxygens (including phenoxy) is 1. The minimum atomic E-state index is -0.280. The first-order chi connectivity index (χ1) is 10.2. The lowest BCUT2D eigenvalue weighted by atomic mass is 9.97. The number of alkyl carbamates (subject to hydrolysis) is 1. The van der Waals surface area contributed by atoms with E-state index < -0.39 is 0 Å². The number of aromatic nitrogens is 2. The van der Waals surface area contributed by atoms with E-state index in [1.54, 1.807) is 0 Å². The summed E-state index contributed by atoms with van der Waals surface area (Å²) < 4.78 is 7.00. The number of nitrogens with one attached hydrogen (secondary N) is 1. The molecule has 0 unspecified atom stereocenters. The molecule has 0 atom stereocenters. The largest absolute Gasteiger partial charge is 0.450 e. The molecule has 2 heterocycles. The second kappa shape index (κ2) is 7.90. The predicted octanol–water partition coefficient (Wildman–Crippen LogP) is 2.16. The van der Waals surface area contributed by atoms with Crippen LogP contribution in [0, 0.1) is 5.92 Å². The van der Waals surface area contributed by atoms with Gasteiger partial charge in [-0.1, -0.05) is 13.3 Å². The molecule has 1 fully saturated rings. The van der Waals surface area contributed by atoms with Crippen molar-refractivity contribution in [1.29, 1.82) is 0 Å². The smallest absolute Gasteiger partial charge is 0.407 e. The minimum Gasteiger partial charge on any atom is -0.450 e. The molecule has 0 aromatic carbocycles. The van der Waals surface area contributed by atoms with Gasteiger partial charge in [-0.05, 0) is 25.2 Å². The Kier molecular flexibility index (Phi) is 5.90. The molecule has 2 rings (SSSR count). The lowest BCUT2D eigenvalue weighted by Gasteiger charge is -2.33. The van der Waals surface area contributed by atoms with Crippen molar-refractivity contribution in [1.82, 2.24) is 15.1 Å². The summed E-state index contributed by atoms with van der Waals surface area (Å²) in [6, 6.07) is 2.05. The van der Waals surface area contributed by atoms with Crippen LogP contribution in [0.3, 0.4) is 0 Å². The molecule has 1 N–H and O–H groups in total. The third kappa shape index (κ3) is 4.65. The van der Waals surface area contributed by atoms with Crippen molar-refractivity contribution in [3.8, 4) is 0 Å². The van der Waals surface area contributed by atoms with Crippen molar-refractivity contribution in [3.05, 3.63) is 12.3 Å². The third-order valence-electron chi connectivity index (χ3n) is 4.00. The molecule has 1 amide bonds. The van der Waals surface area contributed by atoms with E-state index in [1.807, 2.05) is 24.0 Å². The zero-order valence-corrected chi connectivity index (χ0v) is 13.0. The Morgan fingerprint density at radius 3 is 2.86 bits per heavy atom. The first-order valence-electron chi connectivity index (χ1n) is 7.84. The molecular formula is C15H26N4O2. The van der Waals surface area contributed by atoms with Crippen molar-refractivity contribution in [2.45, 2.75) is 32.6 Å². The number of nitrogens with zero attached hydrogens (tertiary/aromatic N) is 3. The van der Waals surface area contributed by atoms with Gasteiger partial charge in [0, 0.05) is 32.7 Å². The molecule has 0 aliphatic carbocycles. The van der Waals surface area contributed by atoms with E-state index in [4.69, 9.17) is 4.74 Å². The Morgan fingerprint density at radius 1 is 1.48 bits per heavy atom. The first kappa shape index (κ1) is 15.7. The summed E-state index contributed by atoms with van der Waals surface area (Å²) in [5, 5.41) is 7.08. The first-order valence-corrected chi connectivity index (χ1v) is 7.84. The number of aryl methyl sites for hydroxylation is 1. The average molecular weight is 294 g/mol. The van der Waals surface area contributed by atoms with Gasteiger partial charge in [0.15, 0.2) is 0 Å². The van der Waals surface area contributed by atoms with E-state index in [0.717, 1.165) is 38.8 Å². The summed E-state index contributed by atoms with van der Waals surface area (Å²) in [6.45, 7) is 5.33. The molecule has 1 aromatic heterocycles. The van der Waals surface area contributed by atoms with Crippen LogP contribution < -0.4 is 10.2 Å². The molecule has 1 aliphatic heterocycles. The van der Waals surface area contributed by atoms with Crippen LogP contribution in [0.2, 0.25) is 0 Å². The van der Waals surface area contributed by atoms with Gasteiger partial charge in [0.05, 0.1) is 12.8 Å². The standard InChI is InChI=1S/C15H26N4O2/c1-3-4-11-21-15(20)16-12-13-6-9-19(10-7-13)14-5-8-17-18(14)2/h5,8,13H,3-4,6-7,9-12H2,1-2H3,(H,16,20). The molecule has 0 saturated carbocycles. The van der Waals surface area contributed by atoms with E-state index in [9.17, 15) is 4.79 Å². The average Bonchev–Trinajstić information content (AvgIpc) is 2.92. The molecule has 0 spiro atoms. The van der Waals surface area contributed by atoms with Gasteiger partial charge in [-0.3, -0.25) is 4.68 Å². The van der Waals surface area contributed by atoms with Crippen LogP contribution in [0.5, 0.6) is 0 Å². The van der Waals surface area contributed by atoms with Crippen LogP contribution in [0.4, 0.5) is 10.6 Å². The Hall–Kier alpha value is -1.72.